The molecule has 0 atom stereocenters. The Kier molecular flexibility index (Phi) is 4.77. The zero-order valence-corrected chi connectivity index (χ0v) is 11.5. The van der Waals surface area contributed by atoms with Crippen LogP contribution < -0.4 is 5.43 Å². The zero-order chi connectivity index (χ0) is 16.8. The van der Waals surface area contributed by atoms with Crippen LogP contribution in [0.4, 0.5) is 11.6 Å². The Balaban J connectivity index is 1.96. The standard InChI is InChI=1S/C13H10N4O6/c18-12(7-9-3-1-2-4-11(9)16(19)20)15-14-8-10-5-6-13(23-10)17(21)22/h1-6,8H,7H2,(H,15,18). The maximum absolute atomic E-state index is 11.7. The number of amides is 1. The van der Waals surface area contributed by atoms with Gasteiger partial charge in [-0.05, 0) is 6.07 Å². The highest BCUT2D eigenvalue weighted by Gasteiger charge is 2.15. The molecule has 23 heavy (non-hydrogen) atoms. The number of nitro benzene ring substituents is 1. The molecular weight excluding hydrogens is 308 g/mol. The van der Waals surface area contributed by atoms with Crippen molar-refractivity contribution in [2.45, 2.75) is 6.42 Å². The molecule has 0 radical (unpaired) electrons. The van der Waals surface area contributed by atoms with Gasteiger partial charge in [-0.25, -0.2) is 5.43 Å². The van der Waals surface area contributed by atoms with Gasteiger partial charge >= 0.3 is 5.88 Å². The summed E-state index contributed by atoms with van der Waals surface area (Å²) >= 11 is 0. The molecule has 118 valence electrons. The first-order chi connectivity index (χ1) is 11.0. The molecule has 2 rings (SSSR count). The average molecular weight is 318 g/mol. The third-order valence-electron chi connectivity index (χ3n) is 2.71. The van der Waals surface area contributed by atoms with Crippen molar-refractivity contribution in [1.82, 2.24) is 5.43 Å². The molecule has 0 bridgehead atoms. The number of hydrogen-bond acceptors (Lipinski definition) is 7. The van der Waals surface area contributed by atoms with Crippen molar-refractivity contribution in [3.63, 3.8) is 0 Å². The number of carbonyl (C=O) groups excluding carboxylic acids is 1. The van der Waals surface area contributed by atoms with Crippen LogP contribution in [0.5, 0.6) is 0 Å². The van der Waals surface area contributed by atoms with Crippen molar-refractivity contribution in [3.05, 3.63) is 68.0 Å². The fraction of sp³-hybridized carbons (Fsp3) is 0.0769. The predicted octanol–water partition coefficient (Wildman–Crippen LogP) is 1.79. The topological polar surface area (TPSA) is 141 Å². The third-order valence-corrected chi connectivity index (χ3v) is 2.71. The van der Waals surface area contributed by atoms with E-state index < -0.39 is 21.6 Å². The number of para-hydroxylation sites is 1. The highest BCUT2D eigenvalue weighted by Crippen LogP contribution is 2.18. The van der Waals surface area contributed by atoms with E-state index in [1.807, 2.05) is 0 Å². The van der Waals surface area contributed by atoms with Crippen molar-refractivity contribution in [2.75, 3.05) is 0 Å². The van der Waals surface area contributed by atoms with Gasteiger partial charge in [-0.3, -0.25) is 25.0 Å². The van der Waals surface area contributed by atoms with Crippen LogP contribution in [0.2, 0.25) is 0 Å². The quantitative estimate of drug-likeness (QED) is 0.489. The molecule has 0 saturated carbocycles. The minimum atomic E-state index is -0.704. The summed E-state index contributed by atoms with van der Waals surface area (Å²) in [5.74, 6) is -0.933. The smallest absolute Gasteiger partial charge is 0.400 e. The van der Waals surface area contributed by atoms with Gasteiger partial charge in [-0.2, -0.15) is 5.10 Å². The molecule has 0 aliphatic rings. The number of furan rings is 1. The third kappa shape index (κ3) is 4.20. The lowest BCUT2D eigenvalue weighted by Crippen LogP contribution is -2.20. The van der Waals surface area contributed by atoms with Gasteiger partial charge in [-0.1, -0.05) is 18.2 Å². The molecule has 1 amide bonds. The Morgan fingerprint density at radius 3 is 2.57 bits per heavy atom. The van der Waals surface area contributed by atoms with E-state index in [1.54, 1.807) is 6.07 Å². The van der Waals surface area contributed by atoms with E-state index in [-0.39, 0.29) is 23.4 Å². The van der Waals surface area contributed by atoms with E-state index >= 15 is 0 Å². The molecular formula is C13H10N4O6. The molecule has 1 heterocycles. The van der Waals surface area contributed by atoms with Crippen molar-refractivity contribution in [3.8, 4) is 0 Å². The van der Waals surface area contributed by atoms with Gasteiger partial charge < -0.3 is 4.42 Å². The Hall–Kier alpha value is -3.56. The van der Waals surface area contributed by atoms with Gasteiger partial charge in [-0.15, -0.1) is 0 Å². The number of hydrazone groups is 1. The van der Waals surface area contributed by atoms with E-state index in [2.05, 4.69) is 10.5 Å². The zero-order valence-electron chi connectivity index (χ0n) is 11.5. The first-order valence-electron chi connectivity index (χ1n) is 6.26. The van der Waals surface area contributed by atoms with Gasteiger partial charge in [0.2, 0.25) is 5.91 Å². The molecule has 1 aromatic carbocycles. The second-order valence-corrected chi connectivity index (χ2v) is 4.29. The van der Waals surface area contributed by atoms with Crippen LogP contribution in [-0.2, 0) is 11.2 Å². The first-order valence-corrected chi connectivity index (χ1v) is 6.26. The maximum Gasteiger partial charge on any atom is 0.433 e. The van der Waals surface area contributed by atoms with Gasteiger partial charge in [0.1, 0.15) is 4.92 Å². The number of nitrogens with zero attached hydrogens (tertiary/aromatic N) is 3. The normalized spacial score (nSPS) is 10.6. The summed E-state index contributed by atoms with van der Waals surface area (Å²) in [5, 5.41) is 24.8. The largest absolute Gasteiger partial charge is 0.433 e. The van der Waals surface area contributed by atoms with Crippen molar-refractivity contribution in [2.24, 2.45) is 5.10 Å². The minimum Gasteiger partial charge on any atom is -0.400 e. The van der Waals surface area contributed by atoms with Gasteiger partial charge in [0.25, 0.3) is 5.69 Å². The van der Waals surface area contributed by atoms with E-state index in [1.165, 1.54) is 24.3 Å². The fourth-order valence-electron chi connectivity index (χ4n) is 1.73. The van der Waals surface area contributed by atoms with Crippen LogP contribution in [0, 0.1) is 20.2 Å². The molecule has 10 nitrogen and oxygen atoms in total. The second kappa shape index (κ2) is 6.93. The summed E-state index contributed by atoms with van der Waals surface area (Å²) in [5.41, 5.74) is 2.25. The summed E-state index contributed by atoms with van der Waals surface area (Å²) in [6.45, 7) is 0. The highest BCUT2D eigenvalue weighted by atomic mass is 16.6. The Morgan fingerprint density at radius 2 is 1.91 bits per heavy atom. The summed E-state index contributed by atoms with van der Waals surface area (Å²) in [4.78, 5) is 31.7. The van der Waals surface area contributed by atoms with Gasteiger partial charge in [0, 0.05) is 11.6 Å². The molecule has 0 saturated heterocycles. The van der Waals surface area contributed by atoms with Gasteiger partial charge in [0.05, 0.1) is 23.6 Å². The lowest BCUT2D eigenvalue weighted by atomic mass is 10.1. The number of carbonyl (C=O) groups is 1. The number of benzene rings is 1. The van der Waals surface area contributed by atoms with E-state index in [0.29, 0.717) is 0 Å². The molecule has 0 spiro atoms. The Morgan fingerprint density at radius 1 is 1.17 bits per heavy atom. The monoisotopic (exact) mass is 318 g/mol. The maximum atomic E-state index is 11.7. The van der Waals surface area contributed by atoms with Crippen LogP contribution in [0.3, 0.4) is 0 Å². The highest BCUT2D eigenvalue weighted by molar-refractivity contribution is 5.82. The molecule has 1 aromatic heterocycles. The molecule has 0 aliphatic carbocycles. The number of rotatable bonds is 6. The molecule has 0 fully saturated rings. The molecule has 1 N–H and O–H groups in total. The minimum absolute atomic E-state index is 0.0858. The van der Waals surface area contributed by atoms with Crippen molar-refractivity contribution < 1.29 is 19.1 Å². The molecule has 10 heteroatoms. The SMILES string of the molecule is O=C(Cc1ccccc1[N+](=O)[O-])NN=Cc1ccc([N+](=O)[O-])o1. The average Bonchev–Trinajstić information content (AvgIpc) is 2.96. The summed E-state index contributed by atoms with van der Waals surface area (Å²) in [7, 11) is 0. The lowest BCUT2D eigenvalue weighted by Gasteiger charge is -2.01. The van der Waals surface area contributed by atoms with Crippen LogP contribution in [-0.4, -0.2) is 22.0 Å². The summed E-state index contributed by atoms with van der Waals surface area (Å²) < 4.78 is 4.81. The van der Waals surface area contributed by atoms with E-state index in [9.17, 15) is 25.0 Å². The van der Waals surface area contributed by atoms with E-state index in [4.69, 9.17) is 4.42 Å². The molecule has 0 aliphatic heterocycles. The van der Waals surface area contributed by atoms with Crippen LogP contribution in [0.15, 0.2) is 45.9 Å². The van der Waals surface area contributed by atoms with Crippen molar-refractivity contribution >= 4 is 23.7 Å². The van der Waals surface area contributed by atoms with Crippen LogP contribution >= 0.6 is 0 Å². The van der Waals surface area contributed by atoms with Crippen LogP contribution in [0.25, 0.3) is 0 Å². The van der Waals surface area contributed by atoms with Gasteiger partial charge in [0.15, 0.2) is 5.76 Å². The molecule has 0 unspecified atom stereocenters. The fourth-order valence-corrected chi connectivity index (χ4v) is 1.73. The Bertz CT molecular complexity index is 782. The first kappa shape index (κ1) is 15.8. The second-order valence-electron chi connectivity index (χ2n) is 4.29. The van der Waals surface area contributed by atoms with Crippen molar-refractivity contribution in [1.29, 1.82) is 0 Å². The summed E-state index contributed by atoms with van der Waals surface area (Å²) in [6.07, 6.45) is 0.858. The van der Waals surface area contributed by atoms with Crippen LogP contribution in [0.1, 0.15) is 11.3 Å². The lowest BCUT2D eigenvalue weighted by molar-refractivity contribution is -0.402. The number of hydrogen-bond donors (Lipinski definition) is 1. The predicted molar refractivity (Wildman–Crippen MR) is 77.9 cm³/mol. The number of nitrogens with one attached hydrogen (secondary N) is 1. The van der Waals surface area contributed by atoms with E-state index in [0.717, 1.165) is 12.3 Å². The molecule has 2 aromatic rings. The number of nitro groups is 2. The Labute approximate surface area is 128 Å². The summed E-state index contributed by atoms with van der Waals surface area (Å²) in [6, 6.07) is 8.32.